The number of rotatable bonds is 7. The third kappa shape index (κ3) is 5.98. The van der Waals surface area contributed by atoms with Crippen LogP contribution in [0, 0.1) is 5.41 Å². The van der Waals surface area contributed by atoms with Gasteiger partial charge in [0.25, 0.3) is 0 Å². The zero-order valence-corrected chi connectivity index (χ0v) is 15.0. The van der Waals surface area contributed by atoms with Gasteiger partial charge in [0.05, 0.1) is 26.9 Å². The van der Waals surface area contributed by atoms with Gasteiger partial charge in [-0.1, -0.05) is 26.8 Å². The van der Waals surface area contributed by atoms with Gasteiger partial charge in [-0.25, -0.2) is 4.99 Å². The van der Waals surface area contributed by atoms with Gasteiger partial charge in [0, 0.05) is 13.7 Å². The van der Waals surface area contributed by atoms with E-state index >= 15 is 0 Å². The van der Waals surface area contributed by atoms with Crippen LogP contribution < -0.4 is 20.5 Å². The highest BCUT2D eigenvalue weighted by atomic mass is 16.5. The third-order valence-corrected chi connectivity index (χ3v) is 3.60. The summed E-state index contributed by atoms with van der Waals surface area (Å²) >= 11 is 0. The zero-order valence-electron chi connectivity index (χ0n) is 15.0. The summed E-state index contributed by atoms with van der Waals surface area (Å²) in [7, 11) is 4.92. The van der Waals surface area contributed by atoms with Crippen LogP contribution >= 0.6 is 0 Å². The highest BCUT2D eigenvalue weighted by Crippen LogP contribution is 2.27. The molecule has 0 heterocycles. The first kappa shape index (κ1) is 19.1. The van der Waals surface area contributed by atoms with Crippen molar-refractivity contribution in [1.29, 1.82) is 0 Å². The predicted octanol–water partition coefficient (Wildman–Crippen LogP) is 2.17. The SMILES string of the molecule is COc1ccc(CN=C(N)NCC(OC)C(C)(C)C)cc1OC. The van der Waals surface area contributed by atoms with Gasteiger partial charge >= 0.3 is 0 Å². The zero-order chi connectivity index (χ0) is 17.5. The monoisotopic (exact) mass is 323 g/mol. The van der Waals surface area contributed by atoms with Gasteiger partial charge in [-0.15, -0.1) is 0 Å². The van der Waals surface area contributed by atoms with E-state index < -0.39 is 0 Å². The van der Waals surface area contributed by atoms with Crippen LogP contribution in [0.15, 0.2) is 23.2 Å². The summed E-state index contributed by atoms with van der Waals surface area (Å²) < 4.78 is 16.0. The van der Waals surface area contributed by atoms with E-state index in [1.165, 1.54) is 0 Å². The number of ether oxygens (including phenoxy) is 3. The molecule has 0 spiro atoms. The number of guanidine groups is 1. The molecule has 0 bridgehead atoms. The second-order valence-corrected chi connectivity index (χ2v) is 6.36. The van der Waals surface area contributed by atoms with E-state index in [-0.39, 0.29) is 11.5 Å². The number of nitrogens with zero attached hydrogens (tertiary/aromatic N) is 1. The summed E-state index contributed by atoms with van der Waals surface area (Å²) in [5.41, 5.74) is 6.95. The van der Waals surface area contributed by atoms with Crippen LogP contribution in [0.5, 0.6) is 11.5 Å². The maximum absolute atomic E-state index is 5.92. The van der Waals surface area contributed by atoms with Gasteiger partial charge in [0.2, 0.25) is 0 Å². The normalized spacial score (nSPS) is 13.6. The number of hydrogen-bond donors (Lipinski definition) is 2. The number of nitrogens with one attached hydrogen (secondary N) is 1. The van der Waals surface area contributed by atoms with Gasteiger partial charge in [-0.3, -0.25) is 0 Å². The van der Waals surface area contributed by atoms with E-state index in [1.54, 1.807) is 21.3 Å². The molecule has 1 aromatic rings. The predicted molar refractivity (Wildman–Crippen MR) is 93.1 cm³/mol. The molecule has 0 aromatic heterocycles. The molecule has 130 valence electrons. The van der Waals surface area contributed by atoms with Crippen molar-refractivity contribution in [3.8, 4) is 11.5 Å². The lowest BCUT2D eigenvalue weighted by molar-refractivity contribution is 0.0206. The van der Waals surface area contributed by atoms with Crippen molar-refractivity contribution >= 4 is 5.96 Å². The van der Waals surface area contributed by atoms with Crippen LogP contribution in [0.3, 0.4) is 0 Å². The average Bonchev–Trinajstić information content (AvgIpc) is 2.51. The van der Waals surface area contributed by atoms with Crippen molar-refractivity contribution in [2.75, 3.05) is 27.9 Å². The first-order chi connectivity index (χ1) is 10.8. The molecule has 1 unspecified atom stereocenters. The Bertz CT molecular complexity index is 524. The second kappa shape index (κ2) is 8.62. The quantitative estimate of drug-likeness (QED) is 0.594. The van der Waals surface area contributed by atoms with Crippen molar-refractivity contribution in [2.45, 2.75) is 33.4 Å². The van der Waals surface area contributed by atoms with E-state index in [0.717, 1.165) is 5.56 Å². The fourth-order valence-corrected chi connectivity index (χ4v) is 2.15. The van der Waals surface area contributed by atoms with Crippen molar-refractivity contribution in [3.63, 3.8) is 0 Å². The van der Waals surface area contributed by atoms with Crippen LogP contribution in [0.2, 0.25) is 0 Å². The van der Waals surface area contributed by atoms with E-state index in [2.05, 4.69) is 31.1 Å². The van der Waals surface area contributed by atoms with Gasteiger partial charge in [0.1, 0.15) is 0 Å². The minimum Gasteiger partial charge on any atom is -0.493 e. The average molecular weight is 323 g/mol. The molecule has 3 N–H and O–H groups in total. The Labute approximate surface area is 139 Å². The lowest BCUT2D eigenvalue weighted by Crippen LogP contribution is -2.43. The Balaban J connectivity index is 2.63. The lowest BCUT2D eigenvalue weighted by atomic mass is 9.89. The fourth-order valence-electron chi connectivity index (χ4n) is 2.15. The molecule has 1 aromatic carbocycles. The van der Waals surface area contributed by atoms with Crippen molar-refractivity contribution in [1.82, 2.24) is 5.32 Å². The first-order valence-electron chi connectivity index (χ1n) is 7.59. The molecule has 23 heavy (non-hydrogen) atoms. The molecular formula is C17H29N3O3. The number of aliphatic imine (C=N–C) groups is 1. The molecular weight excluding hydrogens is 294 g/mol. The molecule has 0 saturated carbocycles. The van der Waals surface area contributed by atoms with E-state index in [0.29, 0.717) is 30.5 Å². The van der Waals surface area contributed by atoms with Crippen LogP contribution in [-0.2, 0) is 11.3 Å². The van der Waals surface area contributed by atoms with Gasteiger partial charge < -0.3 is 25.3 Å². The Morgan fingerprint density at radius 1 is 1.17 bits per heavy atom. The molecule has 0 amide bonds. The smallest absolute Gasteiger partial charge is 0.189 e. The summed E-state index contributed by atoms with van der Waals surface area (Å²) in [6.45, 7) is 7.45. The Morgan fingerprint density at radius 3 is 2.35 bits per heavy atom. The summed E-state index contributed by atoms with van der Waals surface area (Å²) in [6, 6.07) is 5.68. The van der Waals surface area contributed by atoms with Crippen LogP contribution in [-0.4, -0.2) is 39.9 Å². The highest BCUT2D eigenvalue weighted by molar-refractivity contribution is 5.77. The van der Waals surface area contributed by atoms with E-state index in [1.807, 2.05) is 18.2 Å². The third-order valence-electron chi connectivity index (χ3n) is 3.60. The van der Waals surface area contributed by atoms with E-state index in [9.17, 15) is 0 Å². The molecule has 1 atom stereocenters. The maximum atomic E-state index is 5.92. The van der Waals surface area contributed by atoms with Crippen LogP contribution in [0.4, 0.5) is 0 Å². The lowest BCUT2D eigenvalue weighted by Gasteiger charge is -2.29. The molecule has 0 saturated heterocycles. The van der Waals surface area contributed by atoms with Crippen molar-refractivity contribution in [3.05, 3.63) is 23.8 Å². The molecule has 0 aliphatic carbocycles. The van der Waals surface area contributed by atoms with Gasteiger partial charge in [-0.2, -0.15) is 0 Å². The highest BCUT2D eigenvalue weighted by Gasteiger charge is 2.24. The number of methoxy groups -OCH3 is 3. The first-order valence-corrected chi connectivity index (χ1v) is 7.59. The van der Waals surface area contributed by atoms with Crippen molar-refractivity contribution in [2.24, 2.45) is 16.1 Å². The topological polar surface area (TPSA) is 78.1 Å². The molecule has 6 nitrogen and oxygen atoms in total. The molecule has 6 heteroatoms. The molecule has 1 rings (SSSR count). The van der Waals surface area contributed by atoms with Crippen LogP contribution in [0.25, 0.3) is 0 Å². The number of nitrogens with two attached hydrogens (primary N) is 1. The molecule has 0 radical (unpaired) electrons. The van der Waals surface area contributed by atoms with Crippen molar-refractivity contribution < 1.29 is 14.2 Å². The Morgan fingerprint density at radius 2 is 1.83 bits per heavy atom. The van der Waals surface area contributed by atoms with Gasteiger partial charge in [-0.05, 0) is 23.1 Å². The summed E-state index contributed by atoms with van der Waals surface area (Å²) in [5, 5.41) is 3.11. The number of hydrogen-bond acceptors (Lipinski definition) is 4. The minimum atomic E-state index is 0.0331. The number of benzene rings is 1. The fraction of sp³-hybridized carbons (Fsp3) is 0.588. The largest absolute Gasteiger partial charge is 0.493 e. The Kier molecular flexibility index (Phi) is 7.16. The second-order valence-electron chi connectivity index (χ2n) is 6.36. The van der Waals surface area contributed by atoms with Crippen LogP contribution in [0.1, 0.15) is 26.3 Å². The van der Waals surface area contributed by atoms with E-state index in [4.69, 9.17) is 19.9 Å². The minimum absolute atomic E-state index is 0.0331. The standard InChI is InChI=1S/C17H29N3O3/c1-17(2,3)15(23-6)11-20-16(18)19-10-12-7-8-13(21-4)14(9-12)22-5/h7-9,15H,10-11H2,1-6H3,(H3,18,19,20). The maximum Gasteiger partial charge on any atom is 0.189 e. The summed E-state index contributed by atoms with van der Waals surface area (Å²) in [4.78, 5) is 4.35. The molecule has 0 aliphatic heterocycles. The summed E-state index contributed by atoms with van der Waals surface area (Å²) in [5.74, 6) is 1.77. The Hall–Kier alpha value is -1.95. The molecule has 0 aliphatic rings. The molecule has 0 fully saturated rings. The summed E-state index contributed by atoms with van der Waals surface area (Å²) in [6.07, 6.45) is 0.0531. The van der Waals surface area contributed by atoms with Gasteiger partial charge in [0.15, 0.2) is 17.5 Å².